The minimum Gasteiger partial charge on any atom is -0.376 e. The average molecular weight is 344 g/mol. The van der Waals surface area contributed by atoms with Gasteiger partial charge in [-0.05, 0) is 26.1 Å². The zero-order chi connectivity index (χ0) is 16.8. The molecule has 1 saturated heterocycles. The lowest BCUT2D eigenvalue weighted by atomic mass is 10.0. The van der Waals surface area contributed by atoms with Crippen LogP contribution >= 0.6 is 11.6 Å². The summed E-state index contributed by atoms with van der Waals surface area (Å²) in [6.07, 6.45) is 0.0600. The highest BCUT2D eigenvalue weighted by Crippen LogP contribution is 2.30. The standard InChI is InChI=1S/C16H23ClFN3O2/c1-11-10-21(6-7-23-11)14(8-20-15(22)9-19-2)16-12(17)4-3-5-13(16)18/h3-5,11,14,19H,6-10H2,1-2H3,(H,20,22)/t11-,14+/m0/s1. The van der Waals surface area contributed by atoms with E-state index in [-0.39, 0.29) is 30.4 Å². The molecule has 2 atom stereocenters. The summed E-state index contributed by atoms with van der Waals surface area (Å²) in [6.45, 7) is 4.41. The average Bonchev–Trinajstić information content (AvgIpc) is 2.50. The van der Waals surface area contributed by atoms with Crippen molar-refractivity contribution in [1.29, 1.82) is 0 Å². The predicted molar refractivity (Wildman–Crippen MR) is 88.1 cm³/mol. The van der Waals surface area contributed by atoms with E-state index in [9.17, 15) is 9.18 Å². The molecule has 1 aromatic carbocycles. The van der Waals surface area contributed by atoms with Gasteiger partial charge in [0.05, 0.1) is 25.3 Å². The zero-order valence-corrected chi connectivity index (χ0v) is 14.2. The first-order valence-corrected chi connectivity index (χ1v) is 8.11. The zero-order valence-electron chi connectivity index (χ0n) is 13.4. The van der Waals surface area contributed by atoms with E-state index in [0.29, 0.717) is 36.8 Å². The maximum atomic E-state index is 14.4. The Kier molecular flexibility index (Phi) is 6.77. The molecule has 1 heterocycles. The van der Waals surface area contributed by atoms with Crippen LogP contribution in [0.25, 0.3) is 0 Å². The highest BCUT2D eigenvalue weighted by Gasteiger charge is 2.29. The van der Waals surface area contributed by atoms with Gasteiger partial charge in [0.1, 0.15) is 5.82 Å². The molecule has 1 fully saturated rings. The molecule has 1 amide bonds. The van der Waals surface area contributed by atoms with E-state index in [1.807, 2.05) is 6.92 Å². The number of hydrogen-bond donors (Lipinski definition) is 2. The molecule has 0 aliphatic carbocycles. The monoisotopic (exact) mass is 343 g/mol. The second-order valence-corrected chi connectivity index (χ2v) is 6.07. The van der Waals surface area contributed by atoms with Gasteiger partial charge in [-0.3, -0.25) is 9.69 Å². The molecule has 0 bridgehead atoms. The number of rotatable bonds is 6. The van der Waals surface area contributed by atoms with Crippen LogP contribution in [0.15, 0.2) is 18.2 Å². The number of amides is 1. The fraction of sp³-hybridized carbons (Fsp3) is 0.562. The molecule has 2 N–H and O–H groups in total. The van der Waals surface area contributed by atoms with E-state index in [0.717, 1.165) is 0 Å². The molecule has 0 saturated carbocycles. The van der Waals surface area contributed by atoms with Crippen LogP contribution in [0.5, 0.6) is 0 Å². The lowest BCUT2D eigenvalue weighted by Gasteiger charge is -2.38. The third kappa shape index (κ3) is 4.88. The molecule has 1 aliphatic heterocycles. The largest absolute Gasteiger partial charge is 0.376 e. The number of morpholine rings is 1. The first-order valence-electron chi connectivity index (χ1n) is 7.73. The van der Waals surface area contributed by atoms with Crippen molar-refractivity contribution in [3.63, 3.8) is 0 Å². The predicted octanol–water partition coefficient (Wildman–Crippen LogP) is 1.58. The van der Waals surface area contributed by atoms with E-state index in [2.05, 4.69) is 15.5 Å². The van der Waals surface area contributed by atoms with Crippen molar-refractivity contribution in [3.8, 4) is 0 Å². The summed E-state index contributed by atoms with van der Waals surface area (Å²) in [5, 5.41) is 6.01. The lowest BCUT2D eigenvalue weighted by molar-refractivity contribution is -0.120. The Labute approximate surface area is 141 Å². The van der Waals surface area contributed by atoms with Gasteiger partial charge in [0.2, 0.25) is 5.91 Å². The van der Waals surface area contributed by atoms with Crippen molar-refractivity contribution in [3.05, 3.63) is 34.6 Å². The number of halogens is 2. The minimum absolute atomic E-state index is 0.0600. The smallest absolute Gasteiger partial charge is 0.234 e. The molecule has 0 aromatic heterocycles. The van der Waals surface area contributed by atoms with Gasteiger partial charge in [-0.25, -0.2) is 4.39 Å². The van der Waals surface area contributed by atoms with Crippen LogP contribution in [-0.2, 0) is 9.53 Å². The molecule has 7 heteroatoms. The number of carbonyl (C=O) groups excluding carboxylic acids is 1. The number of benzene rings is 1. The second-order valence-electron chi connectivity index (χ2n) is 5.66. The van der Waals surface area contributed by atoms with Crippen molar-refractivity contribution < 1.29 is 13.9 Å². The van der Waals surface area contributed by atoms with Crippen molar-refractivity contribution in [2.75, 3.05) is 39.8 Å². The van der Waals surface area contributed by atoms with Gasteiger partial charge in [-0.2, -0.15) is 0 Å². The van der Waals surface area contributed by atoms with E-state index in [4.69, 9.17) is 16.3 Å². The van der Waals surface area contributed by atoms with Gasteiger partial charge in [0, 0.05) is 30.2 Å². The summed E-state index contributed by atoms with van der Waals surface area (Å²) in [7, 11) is 1.70. The highest BCUT2D eigenvalue weighted by atomic mass is 35.5. The molecule has 1 aliphatic rings. The van der Waals surface area contributed by atoms with Gasteiger partial charge in [0.25, 0.3) is 0 Å². The number of likely N-dealkylation sites (N-methyl/N-ethyl adjacent to an activating group) is 1. The van der Waals surface area contributed by atoms with E-state index in [1.54, 1.807) is 19.2 Å². The molecule has 128 valence electrons. The van der Waals surface area contributed by atoms with Crippen LogP contribution < -0.4 is 10.6 Å². The molecular formula is C16H23ClFN3O2. The summed E-state index contributed by atoms with van der Waals surface area (Å²) in [5.74, 6) is -0.490. The summed E-state index contributed by atoms with van der Waals surface area (Å²) in [6, 6.07) is 4.33. The fourth-order valence-corrected chi connectivity index (χ4v) is 3.09. The van der Waals surface area contributed by atoms with E-state index < -0.39 is 0 Å². The lowest BCUT2D eigenvalue weighted by Crippen LogP contribution is -2.47. The maximum Gasteiger partial charge on any atom is 0.234 e. The van der Waals surface area contributed by atoms with Crippen LogP contribution in [0.4, 0.5) is 4.39 Å². The first-order chi connectivity index (χ1) is 11.0. The Bertz CT molecular complexity index is 524. The quantitative estimate of drug-likeness (QED) is 0.823. The van der Waals surface area contributed by atoms with Crippen LogP contribution in [0.1, 0.15) is 18.5 Å². The maximum absolute atomic E-state index is 14.4. The van der Waals surface area contributed by atoms with Crippen molar-refractivity contribution in [1.82, 2.24) is 15.5 Å². The van der Waals surface area contributed by atoms with E-state index in [1.165, 1.54) is 6.07 Å². The summed E-state index contributed by atoms with van der Waals surface area (Å²) in [4.78, 5) is 13.9. The van der Waals surface area contributed by atoms with Crippen molar-refractivity contribution in [2.24, 2.45) is 0 Å². The Morgan fingerprint density at radius 2 is 2.35 bits per heavy atom. The summed E-state index contributed by atoms with van der Waals surface area (Å²) >= 11 is 6.23. The van der Waals surface area contributed by atoms with Crippen molar-refractivity contribution in [2.45, 2.75) is 19.1 Å². The van der Waals surface area contributed by atoms with Gasteiger partial charge < -0.3 is 15.4 Å². The Balaban J connectivity index is 2.22. The number of ether oxygens (including phenoxy) is 1. The van der Waals surface area contributed by atoms with E-state index >= 15 is 0 Å². The molecule has 0 unspecified atom stereocenters. The van der Waals surface area contributed by atoms with Crippen LogP contribution in [0.2, 0.25) is 5.02 Å². The van der Waals surface area contributed by atoms with Gasteiger partial charge >= 0.3 is 0 Å². The van der Waals surface area contributed by atoms with Gasteiger partial charge in [-0.15, -0.1) is 0 Å². The number of nitrogens with zero attached hydrogens (tertiary/aromatic N) is 1. The third-order valence-electron chi connectivity index (χ3n) is 3.88. The van der Waals surface area contributed by atoms with Crippen molar-refractivity contribution >= 4 is 17.5 Å². The van der Waals surface area contributed by atoms with Gasteiger partial charge in [-0.1, -0.05) is 17.7 Å². The van der Waals surface area contributed by atoms with Gasteiger partial charge in [0.15, 0.2) is 0 Å². The number of carbonyl (C=O) groups is 1. The molecule has 23 heavy (non-hydrogen) atoms. The Morgan fingerprint density at radius 3 is 3.00 bits per heavy atom. The Hall–Kier alpha value is -1.21. The molecule has 0 radical (unpaired) electrons. The molecule has 5 nitrogen and oxygen atoms in total. The third-order valence-corrected chi connectivity index (χ3v) is 4.21. The first kappa shape index (κ1) is 18.1. The normalized spacial score (nSPS) is 20.3. The molecular weight excluding hydrogens is 321 g/mol. The minimum atomic E-state index is -0.357. The highest BCUT2D eigenvalue weighted by molar-refractivity contribution is 6.31. The molecule has 0 spiro atoms. The molecule has 2 rings (SSSR count). The second kappa shape index (κ2) is 8.59. The van der Waals surface area contributed by atoms with Crippen LogP contribution in [0.3, 0.4) is 0 Å². The number of hydrogen-bond acceptors (Lipinski definition) is 4. The summed E-state index contributed by atoms with van der Waals surface area (Å²) in [5.41, 5.74) is 0.424. The molecule has 1 aromatic rings. The Morgan fingerprint density at radius 1 is 1.57 bits per heavy atom. The summed E-state index contributed by atoms with van der Waals surface area (Å²) < 4.78 is 19.9. The SMILES string of the molecule is CNCC(=O)NC[C@H](c1c(F)cccc1Cl)N1CCO[C@@H](C)C1. The fourth-order valence-electron chi connectivity index (χ4n) is 2.80. The van der Waals surface area contributed by atoms with Crippen LogP contribution in [-0.4, -0.2) is 56.7 Å². The van der Waals surface area contributed by atoms with Crippen LogP contribution in [0, 0.1) is 5.82 Å². The number of nitrogens with one attached hydrogen (secondary N) is 2. The topological polar surface area (TPSA) is 53.6 Å².